The van der Waals surface area contributed by atoms with Crippen LogP contribution in [0.1, 0.15) is 27.0 Å². The molecular weight excluding hydrogens is 324 g/mol. The Morgan fingerprint density at radius 3 is 3.05 bits per heavy atom. The lowest BCUT2D eigenvalue weighted by atomic mass is 10.1. The van der Waals surface area contributed by atoms with Gasteiger partial charge in [0.1, 0.15) is 5.65 Å². The number of nitrogens with zero attached hydrogens (tertiary/aromatic N) is 1. The number of aromatic nitrogens is 2. The number of rotatable bonds is 3. The smallest absolute Gasteiger partial charge is 0.205 e. The molecule has 0 aliphatic rings. The number of thiophene rings is 1. The number of nitrogens with one attached hydrogen (secondary N) is 1. The van der Waals surface area contributed by atoms with Gasteiger partial charge in [0.05, 0.1) is 10.4 Å². The van der Waals surface area contributed by atoms with Gasteiger partial charge >= 0.3 is 0 Å². The Kier molecular flexibility index (Phi) is 3.24. The number of hydrogen-bond donors (Lipinski definition) is 1. The lowest BCUT2D eigenvalue weighted by Gasteiger charge is -1.96. The molecule has 0 aliphatic carbocycles. The summed E-state index contributed by atoms with van der Waals surface area (Å²) in [6.45, 7) is 2.09. The normalized spacial score (nSPS) is 11.1. The van der Waals surface area contributed by atoms with E-state index in [1.54, 1.807) is 23.7 Å². The predicted molar refractivity (Wildman–Crippen MR) is 80.9 cm³/mol. The van der Waals surface area contributed by atoms with Crippen molar-refractivity contribution < 1.29 is 4.79 Å². The summed E-state index contributed by atoms with van der Waals surface area (Å²) in [4.78, 5) is 21.8. The summed E-state index contributed by atoms with van der Waals surface area (Å²) in [5, 5.41) is 0.853. The second kappa shape index (κ2) is 4.90. The number of aryl methyl sites for hydroxylation is 1. The third-order valence-corrected chi connectivity index (χ3v) is 4.64. The van der Waals surface area contributed by atoms with Gasteiger partial charge in [-0.2, -0.15) is 0 Å². The summed E-state index contributed by atoms with van der Waals surface area (Å²) < 4.78 is 0.870. The van der Waals surface area contributed by atoms with Crippen LogP contribution in [0.25, 0.3) is 11.0 Å². The lowest BCUT2D eigenvalue weighted by Crippen LogP contribution is -1.97. The molecule has 3 rings (SSSR count). The number of carbonyl (C=O) groups excluding carboxylic acids is 1. The quantitative estimate of drug-likeness (QED) is 0.730. The van der Waals surface area contributed by atoms with Gasteiger partial charge in [0.15, 0.2) is 0 Å². The Bertz CT molecular complexity index is 760. The van der Waals surface area contributed by atoms with E-state index in [-0.39, 0.29) is 5.78 Å². The molecule has 3 nitrogen and oxygen atoms in total. The molecular formula is C14H11BrN2OS. The summed E-state index contributed by atoms with van der Waals surface area (Å²) in [5.74, 6) is 0.0517. The fourth-order valence-electron chi connectivity index (χ4n) is 1.99. The largest absolute Gasteiger partial charge is 0.345 e. The lowest BCUT2D eigenvalue weighted by molar-refractivity contribution is 0.104. The molecule has 0 atom stereocenters. The molecule has 5 heteroatoms. The van der Waals surface area contributed by atoms with Crippen LogP contribution in [0.5, 0.6) is 0 Å². The number of hydrogen-bond acceptors (Lipinski definition) is 3. The van der Waals surface area contributed by atoms with Gasteiger partial charge in [-0.25, -0.2) is 4.98 Å². The maximum absolute atomic E-state index is 12.5. The van der Waals surface area contributed by atoms with Crippen LogP contribution in [-0.4, -0.2) is 15.8 Å². The molecule has 0 saturated heterocycles. The van der Waals surface area contributed by atoms with Crippen molar-refractivity contribution in [1.29, 1.82) is 0 Å². The molecule has 3 aromatic rings. The molecule has 0 fully saturated rings. The monoisotopic (exact) mass is 334 g/mol. The van der Waals surface area contributed by atoms with Crippen LogP contribution in [0.2, 0.25) is 0 Å². The van der Waals surface area contributed by atoms with Gasteiger partial charge in [0, 0.05) is 27.1 Å². The van der Waals surface area contributed by atoms with Crippen molar-refractivity contribution in [3.63, 3.8) is 0 Å². The van der Waals surface area contributed by atoms with Gasteiger partial charge in [-0.3, -0.25) is 4.79 Å². The van der Waals surface area contributed by atoms with Crippen molar-refractivity contribution in [2.24, 2.45) is 0 Å². The fraction of sp³-hybridized carbons (Fsp3) is 0.143. The number of H-pyrrole nitrogens is 1. The summed E-state index contributed by atoms with van der Waals surface area (Å²) in [7, 11) is 0. The van der Waals surface area contributed by atoms with Crippen molar-refractivity contribution in [3.05, 3.63) is 50.4 Å². The Hall–Kier alpha value is -1.46. The van der Waals surface area contributed by atoms with Crippen LogP contribution in [0.15, 0.2) is 35.1 Å². The zero-order valence-electron chi connectivity index (χ0n) is 10.2. The highest BCUT2D eigenvalue weighted by atomic mass is 79.9. The van der Waals surface area contributed by atoms with Crippen LogP contribution in [0, 0.1) is 0 Å². The topological polar surface area (TPSA) is 45.8 Å². The SMILES string of the molecule is CCc1ccc(C(=O)c2c[nH]c3ncc(Br)cc23)s1. The van der Waals surface area contributed by atoms with E-state index in [1.807, 2.05) is 18.2 Å². The zero-order valence-corrected chi connectivity index (χ0v) is 12.6. The number of pyridine rings is 1. The number of fused-ring (bicyclic) bond motifs is 1. The molecule has 96 valence electrons. The Balaban J connectivity index is 2.08. The maximum atomic E-state index is 12.5. The molecule has 0 unspecified atom stereocenters. The van der Waals surface area contributed by atoms with Crippen LogP contribution < -0.4 is 0 Å². The number of halogens is 1. The molecule has 0 amide bonds. The molecule has 0 spiro atoms. The van der Waals surface area contributed by atoms with E-state index in [1.165, 1.54) is 4.88 Å². The first-order valence-corrected chi connectivity index (χ1v) is 7.56. The van der Waals surface area contributed by atoms with Gasteiger partial charge in [-0.1, -0.05) is 6.92 Å². The maximum Gasteiger partial charge on any atom is 0.205 e. The molecule has 0 saturated carbocycles. The van der Waals surface area contributed by atoms with E-state index in [0.717, 1.165) is 26.8 Å². The summed E-state index contributed by atoms with van der Waals surface area (Å²) in [6, 6.07) is 5.83. The highest BCUT2D eigenvalue weighted by molar-refractivity contribution is 9.10. The third-order valence-electron chi connectivity index (χ3n) is 2.98. The second-order valence-electron chi connectivity index (χ2n) is 4.20. The highest BCUT2D eigenvalue weighted by Gasteiger charge is 2.16. The van der Waals surface area contributed by atoms with Gasteiger partial charge in [-0.05, 0) is 40.5 Å². The molecule has 0 radical (unpaired) electrons. The van der Waals surface area contributed by atoms with E-state index >= 15 is 0 Å². The summed E-state index contributed by atoms with van der Waals surface area (Å²) >= 11 is 4.94. The molecule has 0 aliphatic heterocycles. The standard InChI is InChI=1S/C14H11BrN2OS/c1-2-9-3-4-12(19-9)13(18)11-7-17-14-10(11)5-8(15)6-16-14/h3-7H,2H2,1H3,(H,16,17). The molecule has 19 heavy (non-hydrogen) atoms. The van der Waals surface area contributed by atoms with Crippen molar-refractivity contribution in [1.82, 2.24) is 9.97 Å². The zero-order chi connectivity index (χ0) is 13.4. The van der Waals surface area contributed by atoms with Crippen LogP contribution >= 0.6 is 27.3 Å². The average molecular weight is 335 g/mol. The fourth-order valence-corrected chi connectivity index (χ4v) is 3.22. The molecule has 3 heterocycles. The first-order valence-electron chi connectivity index (χ1n) is 5.95. The van der Waals surface area contributed by atoms with E-state index in [0.29, 0.717) is 5.56 Å². The first-order chi connectivity index (χ1) is 9.19. The minimum Gasteiger partial charge on any atom is -0.345 e. The number of aromatic amines is 1. The van der Waals surface area contributed by atoms with Crippen LogP contribution in [0.3, 0.4) is 0 Å². The number of ketones is 1. The van der Waals surface area contributed by atoms with E-state index in [4.69, 9.17) is 0 Å². The molecule has 3 aromatic heterocycles. The summed E-state index contributed by atoms with van der Waals surface area (Å²) in [6.07, 6.45) is 4.41. The third kappa shape index (κ3) is 2.24. The van der Waals surface area contributed by atoms with Crippen molar-refractivity contribution in [2.45, 2.75) is 13.3 Å². The Morgan fingerprint density at radius 2 is 2.32 bits per heavy atom. The van der Waals surface area contributed by atoms with Gasteiger partial charge in [0.2, 0.25) is 5.78 Å². The first kappa shape index (κ1) is 12.6. The molecule has 0 bridgehead atoms. The van der Waals surface area contributed by atoms with Crippen molar-refractivity contribution >= 4 is 44.1 Å². The predicted octanol–water partition coefficient (Wildman–Crippen LogP) is 4.18. The van der Waals surface area contributed by atoms with Gasteiger partial charge < -0.3 is 4.98 Å². The Labute approximate surface area is 122 Å². The van der Waals surface area contributed by atoms with Gasteiger partial charge in [0.25, 0.3) is 0 Å². The highest BCUT2D eigenvalue weighted by Crippen LogP contribution is 2.26. The van der Waals surface area contributed by atoms with Crippen molar-refractivity contribution in [2.75, 3.05) is 0 Å². The molecule has 0 aromatic carbocycles. The van der Waals surface area contributed by atoms with Crippen LogP contribution in [0.4, 0.5) is 0 Å². The van der Waals surface area contributed by atoms with Crippen LogP contribution in [-0.2, 0) is 6.42 Å². The second-order valence-corrected chi connectivity index (χ2v) is 6.28. The van der Waals surface area contributed by atoms with E-state index < -0.39 is 0 Å². The van der Waals surface area contributed by atoms with Gasteiger partial charge in [-0.15, -0.1) is 11.3 Å². The number of carbonyl (C=O) groups is 1. The minimum atomic E-state index is 0.0517. The van der Waals surface area contributed by atoms with E-state index in [9.17, 15) is 4.79 Å². The minimum absolute atomic E-state index is 0.0517. The van der Waals surface area contributed by atoms with E-state index in [2.05, 4.69) is 32.8 Å². The molecule has 1 N–H and O–H groups in total. The van der Waals surface area contributed by atoms with Crippen molar-refractivity contribution in [3.8, 4) is 0 Å². The summed E-state index contributed by atoms with van der Waals surface area (Å²) in [5.41, 5.74) is 1.41. The Morgan fingerprint density at radius 1 is 1.47 bits per heavy atom. The average Bonchev–Trinajstić information content (AvgIpc) is 3.04.